The number of hydrogen-bond acceptors (Lipinski definition) is 2. The van der Waals surface area contributed by atoms with E-state index in [9.17, 15) is 9.59 Å². The summed E-state index contributed by atoms with van der Waals surface area (Å²) in [5.74, 6) is 0.552. The molecule has 0 fully saturated rings. The molecule has 1 atom stereocenters. The summed E-state index contributed by atoms with van der Waals surface area (Å²) in [4.78, 5) is 23.3. The van der Waals surface area contributed by atoms with Gasteiger partial charge in [0.1, 0.15) is 0 Å². The lowest BCUT2D eigenvalue weighted by molar-refractivity contribution is -0.130. The molecule has 0 spiro atoms. The first-order valence-electron chi connectivity index (χ1n) is 6.35. The SMILES string of the molecule is CNC(=O)C(CC(=O)NCC(C)C)CC(C)C. The number of carbonyl (C=O) groups excluding carboxylic acids is 2. The van der Waals surface area contributed by atoms with E-state index in [0.717, 1.165) is 6.42 Å². The Hall–Kier alpha value is -1.06. The Balaban J connectivity index is 4.22. The number of nitrogens with one attached hydrogen (secondary N) is 2. The van der Waals surface area contributed by atoms with Crippen molar-refractivity contribution in [3.63, 3.8) is 0 Å². The number of amides is 2. The Morgan fingerprint density at radius 1 is 1.06 bits per heavy atom. The maximum atomic E-state index is 11.7. The van der Waals surface area contributed by atoms with Crippen LogP contribution < -0.4 is 10.6 Å². The van der Waals surface area contributed by atoms with Crippen LogP contribution in [0.25, 0.3) is 0 Å². The lowest BCUT2D eigenvalue weighted by Gasteiger charge is -2.17. The molecule has 0 aromatic rings. The molecule has 0 aromatic heterocycles. The minimum Gasteiger partial charge on any atom is -0.359 e. The highest BCUT2D eigenvalue weighted by Gasteiger charge is 2.21. The van der Waals surface area contributed by atoms with Gasteiger partial charge in [-0.05, 0) is 18.3 Å². The van der Waals surface area contributed by atoms with Gasteiger partial charge in [0.05, 0.1) is 0 Å². The summed E-state index contributed by atoms with van der Waals surface area (Å²) in [5.41, 5.74) is 0. The van der Waals surface area contributed by atoms with E-state index >= 15 is 0 Å². The average Bonchev–Trinajstić information content (AvgIpc) is 2.23. The largest absolute Gasteiger partial charge is 0.359 e. The molecule has 0 bridgehead atoms. The molecule has 2 amide bonds. The van der Waals surface area contributed by atoms with Crippen molar-refractivity contribution in [1.29, 1.82) is 0 Å². The quantitative estimate of drug-likeness (QED) is 0.711. The summed E-state index contributed by atoms with van der Waals surface area (Å²) in [7, 11) is 1.61. The van der Waals surface area contributed by atoms with Gasteiger partial charge >= 0.3 is 0 Å². The van der Waals surface area contributed by atoms with Crippen LogP contribution in [-0.2, 0) is 9.59 Å². The Bertz CT molecular complexity index is 250. The van der Waals surface area contributed by atoms with Crippen LogP contribution >= 0.6 is 0 Å². The predicted octanol–water partition coefficient (Wildman–Crippen LogP) is 1.56. The third-order valence-electron chi connectivity index (χ3n) is 2.51. The Labute approximate surface area is 105 Å². The zero-order chi connectivity index (χ0) is 13.4. The molecule has 100 valence electrons. The van der Waals surface area contributed by atoms with Gasteiger partial charge in [-0.2, -0.15) is 0 Å². The second-order valence-corrected chi connectivity index (χ2v) is 5.34. The van der Waals surface area contributed by atoms with E-state index in [1.54, 1.807) is 7.05 Å². The molecule has 2 N–H and O–H groups in total. The van der Waals surface area contributed by atoms with Crippen LogP contribution in [0.2, 0.25) is 0 Å². The molecule has 0 aliphatic rings. The van der Waals surface area contributed by atoms with Gasteiger partial charge in [0, 0.05) is 25.9 Å². The fourth-order valence-electron chi connectivity index (χ4n) is 1.67. The molecule has 0 aliphatic carbocycles. The molecule has 0 saturated heterocycles. The average molecular weight is 242 g/mol. The van der Waals surface area contributed by atoms with E-state index in [1.807, 2.05) is 13.8 Å². The first kappa shape index (κ1) is 15.9. The molecular formula is C13H26N2O2. The van der Waals surface area contributed by atoms with Gasteiger partial charge in [-0.1, -0.05) is 27.7 Å². The standard InChI is InChI=1S/C13H26N2O2/c1-9(2)6-11(13(17)14-5)7-12(16)15-8-10(3)4/h9-11H,6-8H2,1-5H3,(H,14,17)(H,15,16). The summed E-state index contributed by atoms with van der Waals surface area (Å²) >= 11 is 0. The predicted molar refractivity (Wildman–Crippen MR) is 69.5 cm³/mol. The molecule has 1 unspecified atom stereocenters. The van der Waals surface area contributed by atoms with Crippen LogP contribution in [0.5, 0.6) is 0 Å². The van der Waals surface area contributed by atoms with E-state index in [1.165, 1.54) is 0 Å². The van der Waals surface area contributed by atoms with Crippen LogP contribution in [-0.4, -0.2) is 25.4 Å². The van der Waals surface area contributed by atoms with Gasteiger partial charge in [0.15, 0.2) is 0 Å². The minimum absolute atomic E-state index is 0.0343. The molecule has 4 heteroatoms. The highest BCUT2D eigenvalue weighted by Crippen LogP contribution is 2.15. The Morgan fingerprint density at radius 3 is 2.06 bits per heavy atom. The molecule has 17 heavy (non-hydrogen) atoms. The van der Waals surface area contributed by atoms with E-state index < -0.39 is 0 Å². The first-order valence-corrected chi connectivity index (χ1v) is 6.35. The summed E-state index contributed by atoms with van der Waals surface area (Å²) in [6, 6.07) is 0. The van der Waals surface area contributed by atoms with Gasteiger partial charge in [0.25, 0.3) is 0 Å². The molecule has 0 heterocycles. The van der Waals surface area contributed by atoms with Crippen LogP contribution in [0.3, 0.4) is 0 Å². The van der Waals surface area contributed by atoms with Gasteiger partial charge in [0.2, 0.25) is 11.8 Å². The topological polar surface area (TPSA) is 58.2 Å². The van der Waals surface area contributed by atoms with Crippen molar-refractivity contribution in [3.05, 3.63) is 0 Å². The van der Waals surface area contributed by atoms with Crippen molar-refractivity contribution in [2.45, 2.75) is 40.5 Å². The number of rotatable bonds is 7. The third-order valence-corrected chi connectivity index (χ3v) is 2.51. The Morgan fingerprint density at radius 2 is 1.65 bits per heavy atom. The fourth-order valence-corrected chi connectivity index (χ4v) is 1.67. The summed E-state index contributed by atoms with van der Waals surface area (Å²) in [5, 5.41) is 5.47. The lowest BCUT2D eigenvalue weighted by Crippen LogP contribution is -2.35. The van der Waals surface area contributed by atoms with Gasteiger partial charge in [-0.15, -0.1) is 0 Å². The highest BCUT2D eigenvalue weighted by molar-refractivity contribution is 5.85. The van der Waals surface area contributed by atoms with Crippen molar-refractivity contribution < 1.29 is 9.59 Å². The minimum atomic E-state index is -0.216. The Kier molecular flexibility index (Phi) is 7.59. The van der Waals surface area contributed by atoms with Crippen molar-refractivity contribution in [2.24, 2.45) is 17.8 Å². The smallest absolute Gasteiger partial charge is 0.223 e. The zero-order valence-corrected chi connectivity index (χ0v) is 11.7. The van der Waals surface area contributed by atoms with E-state index in [2.05, 4.69) is 24.5 Å². The van der Waals surface area contributed by atoms with Gasteiger partial charge in [-0.3, -0.25) is 9.59 Å². The van der Waals surface area contributed by atoms with Crippen molar-refractivity contribution in [2.75, 3.05) is 13.6 Å². The molecule has 4 nitrogen and oxygen atoms in total. The summed E-state index contributed by atoms with van der Waals surface area (Å²) in [6.45, 7) is 8.88. The molecule has 0 aromatic carbocycles. The number of hydrogen-bond donors (Lipinski definition) is 2. The summed E-state index contributed by atoms with van der Waals surface area (Å²) < 4.78 is 0. The molecular weight excluding hydrogens is 216 g/mol. The second kappa shape index (κ2) is 8.09. The second-order valence-electron chi connectivity index (χ2n) is 5.34. The maximum absolute atomic E-state index is 11.7. The fraction of sp³-hybridized carbons (Fsp3) is 0.846. The number of carbonyl (C=O) groups is 2. The molecule has 0 rings (SSSR count). The van der Waals surface area contributed by atoms with Crippen LogP contribution in [0.4, 0.5) is 0 Å². The van der Waals surface area contributed by atoms with Crippen LogP contribution in [0.15, 0.2) is 0 Å². The van der Waals surface area contributed by atoms with E-state index in [-0.39, 0.29) is 24.2 Å². The van der Waals surface area contributed by atoms with Gasteiger partial charge in [-0.25, -0.2) is 0 Å². The monoisotopic (exact) mass is 242 g/mol. The highest BCUT2D eigenvalue weighted by atomic mass is 16.2. The summed E-state index contributed by atoms with van der Waals surface area (Å²) in [6.07, 6.45) is 1.03. The first-order chi connectivity index (χ1) is 7.86. The zero-order valence-electron chi connectivity index (χ0n) is 11.7. The van der Waals surface area contributed by atoms with Crippen molar-refractivity contribution >= 4 is 11.8 Å². The molecule has 0 radical (unpaired) electrons. The van der Waals surface area contributed by atoms with Gasteiger partial charge < -0.3 is 10.6 Å². The maximum Gasteiger partial charge on any atom is 0.223 e. The van der Waals surface area contributed by atoms with E-state index in [4.69, 9.17) is 0 Å². The molecule has 0 aliphatic heterocycles. The van der Waals surface area contributed by atoms with Crippen LogP contribution in [0.1, 0.15) is 40.5 Å². The lowest BCUT2D eigenvalue weighted by atomic mass is 9.93. The van der Waals surface area contributed by atoms with Crippen molar-refractivity contribution in [1.82, 2.24) is 10.6 Å². The van der Waals surface area contributed by atoms with Crippen LogP contribution in [0, 0.1) is 17.8 Å². The van der Waals surface area contributed by atoms with E-state index in [0.29, 0.717) is 18.4 Å². The molecule has 0 saturated carbocycles. The normalized spacial score (nSPS) is 12.6. The third kappa shape index (κ3) is 7.77. The van der Waals surface area contributed by atoms with Crippen molar-refractivity contribution in [3.8, 4) is 0 Å².